The van der Waals surface area contributed by atoms with Crippen LogP contribution in [0.4, 0.5) is 4.79 Å². The molecule has 26 heavy (non-hydrogen) atoms. The number of rotatable bonds is 4. The molecule has 0 aliphatic carbocycles. The molecule has 0 spiro atoms. The molecular formula is C20H25N3O3. The van der Waals surface area contributed by atoms with Gasteiger partial charge in [-0.1, -0.05) is 18.2 Å². The Balaban J connectivity index is 1.73. The molecule has 1 aromatic carbocycles. The number of allylic oxidation sites excluding steroid dienone is 1. The topological polar surface area (TPSA) is 64.6 Å². The number of para-hydroxylation sites is 2. The minimum atomic E-state index is -0.520. The molecule has 0 radical (unpaired) electrons. The molecule has 1 aliphatic rings. The van der Waals surface area contributed by atoms with Gasteiger partial charge in [0.15, 0.2) is 0 Å². The van der Waals surface area contributed by atoms with Gasteiger partial charge >= 0.3 is 6.09 Å². The molecule has 2 aromatic rings. The summed E-state index contributed by atoms with van der Waals surface area (Å²) in [6, 6.07) is 7.65. The number of carbonyl (C=O) groups is 1. The summed E-state index contributed by atoms with van der Waals surface area (Å²) < 4.78 is 11.6. The number of benzene rings is 1. The van der Waals surface area contributed by atoms with Crippen LogP contribution in [-0.4, -0.2) is 45.8 Å². The van der Waals surface area contributed by atoms with Crippen LogP contribution >= 0.6 is 0 Å². The van der Waals surface area contributed by atoms with E-state index < -0.39 is 5.60 Å². The van der Waals surface area contributed by atoms with Crippen LogP contribution in [0.5, 0.6) is 5.88 Å². The van der Waals surface area contributed by atoms with Gasteiger partial charge in [0, 0.05) is 12.5 Å². The SMILES string of the molecule is C=CCC1CN(C(=O)OC(C)(C)C)CC1Oc1cnc2ccccc2n1. The maximum Gasteiger partial charge on any atom is 0.410 e. The molecule has 1 saturated heterocycles. The third-order valence-electron chi connectivity index (χ3n) is 4.20. The highest BCUT2D eigenvalue weighted by atomic mass is 16.6. The molecular weight excluding hydrogens is 330 g/mol. The lowest BCUT2D eigenvalue weighted by molar-refractivity contribution is 0.0274. The first-order chi connectivity index (χ1) is 12.4. The van der Waals surface area contributed by atoms with Crippen molar-refractivity contribution in [1.82, 2.24) is 14.9 Å². The van der Waals surface area contributed by atoms with Gasteiger partial charge in [-0.25, -0.2) is 14.8 Å². The van der Waals surface area contributed by atoms with E-state index >= 15 is 0 Å². The molecule has 1 aliphatic heterocycles. The van der Waals surface area contributed by atoms with Gasteiger partial charge in [-0.15, -0.1) is 6.58 Å². The van der Waals surface area contributed by atoms with E-state index in [1.165, 1.54) is 0 Å². The van der Waals surface area contributed by atoms with Crippen molar-refractivity contribution >= 4 is 17.1 Å². The van der Waals surface area contributed by atoms with Crippen LogP contribution in [0, 0.1) is 5.92 Å². The summed E-state index contributed by atoms with van der Waals surface area (Å²) in [7, 11) is 0. The van der Waals surface area contributed by atoms with Crippen LogP contribution in [0.1, 0.15) is 27.2 Å². The second-order valence-electron chi connectivity index (χ2n) is 7.52. The van der Waals surface area contributed by atoms with Crippen molar-refractivity contribution < 1.29 is 14.3 Å². The predicted molar refractivity (Wildman–Crippen MR) is 100 cm³/mol. The number of amides is 1. The van der Waals surface area contributed by atoms with Gasteiger partial charge in [-0.2, -0.15) is 0 Å². The van der Waals surface area contributed by atoms with E-state index in [9.17, 15) is 4.79 Å². The van der Waals surface area contributed by atoms with Gasteiger partial charge in [0.1, 0.15) is 11.7 Å². The second kappa shape index (κ2) is 7.32. The third-order valence-corrected chi connectivity index (χ3v) is 4.20. The van der Waals surface area contributed by atoms with E-state index in [4.69, 9.17) is 9.47 Å². The summed E-state index contributed by atoms with van der Waals surface area (Å²) in [5.74, 6) is 0.613. The third kappa shape index (κ3) is 4.31. The molecule has 6 heteroatoms. The van der Waals surface area contributed by atoms with Crippen molar-refractivity contribution in [3.8, 4) is 5.88 Å². The average Bonchev–Trinajstić information content (AvgIpc) is 2.97. The fraction of sp³-hybridized carbons (Fsp3) is 0.450. The Morgan fingerprint density at radius 1 is 1.31 bits per heavy atom. The van der Waals surface area contributed by atoms with Crippen LogP contribution in [0.2, 0.25) is 0 Å². The lowest BCUT2D eigenvalue weighted by atomic mass is 10.0. The normalized spacial score (nSPS) is 20.2. The van der Waals surface area contributed by atoms with E-state index in [2.05, 4.69) is 16.5 Å². The van der Waals surface area contributed by atoms with E-state index in [0.29, 0.717) is 19.0 Å². The molecule has 0 N–H and O–H groups in total. The van der Waals surface area contributed by atoms with Crippen LogP contribution in [0.25, 0.3) is 11.0 Å². The number of aromatic nitrogens is 2. The van der Waals surface area contributed by atoms with Crippen LogP contribution in [-0.2, 0) is 4.74 Å². The largest absolute Gasteiger partial charge is 0.471 e. The van der Waals surface area contributed by atoms with Crippen LogP contribution in [0.15, 0.2) is 43.1 Å². The summed E-state index contributed by atoms with van der Waals surface area (Å²) in [5, 5.41) is 0. The quantitative estimate of drug-likeness (QED) is 0.780. The summed E-state index contributed by atoms with van der Waals surface area (Å²) in [6.45, 7) is 10.4. The Kier molecular flexibility index (Phi) is 5.11. The molecule has 0 bridgehead atoms. The Morgan fingerprint density at radius 3 is 2.73 bits per heavy atom. The maximum atomic E-state index is 12.4. The zero-order valence-corrected chi connectivity index (χ0v) is 15.5. The molecule has 1 fully saturated rings. The standard InChI is InChI=1S/C20H25N3O3/c1-5-8-14-12-23(19(24)26-20(2,3)4)13-17(14)25-18-11-21-15-9-6-7-10-16(15)22-18/h5-7,9-11,14,17H,1,8,12-13H2,2-4H3. The monoisotopic (exact) mass is 355 g/mol. The first-order valence-electron chi connectivity index (χ1n) is 8.83. The van der Waals surface area contributed by atoms with E-state index in [-0.39, 0.29) is 18.1 Å². The van der Waals surface area contributed by atoms with Crippen molar-refractivity contribution in [1.29, 1.82) is 0 Å². The number of nitrogens with zero attached hydrogens (tertiary/aromatic N) is 3. The Hall–Kier alpha value is -2.63. The summed E-state index contributed by atoms with van der Waals surface area (Å²) in [4.78, 5) is 23.0. The highest BCUT2D eigenvalue weighted by Gasteiger charge is 2.38. The van der Waals surface area contributed by atoms with E-state index in [0.717, 1.165) is 17.5 Å². The predicted octanol–water partition coefficient (Wildman–Crippen LogP) is 3.82. The maximum absolute atomic E-state index is 12.4. The second-order valence-corrected chi connectivity index (χ2v) is 7.52. The van der Waals surface area contributed by atoms with Crippen LogP contribution in [0.3, 0.4) is 0 Å². The van der Waals surface area contributed by atoms with Gasteiger partial charge in [0.25, 0.3) is 0 Å². The molecule has 1 amide bonds. The van der Waals surface area contributed by atoms with Gasteiger partial charge in [-0.05, 0) is 39.3 Å². The van der Waals surface area contributed by atoms with Gasteiger partial charge in [-0.3, -0.25) is 0 Å². The van der Waals surface area contributed by atoms with E-state index in [1.807, 2.05) is 51.1 Å². The first kappa shape index (κ1) is 18.2. The summed E-state index contributed by atoms with van der Waals surface area (Å²) >= 11 is 0. The molecule has 138 valence electrons. The van der Waals surface area contributed by atoms with Crippen molar-refractivity contribution in [2.45, 2.75) is 38.9 Å². The lowest BCUT2D eigenvalue weighted by Gasteiger charge is -2.24. The minimum Gasteiger partial charge on any atom is -0.471 e. The Bertz CT molecular complexity index is 800. The average molecular weight is 355 g/mol. The highest BCUT2D eigenvalue weighted by Crippen LogP contribution is 2.26. The smallest absolute Gasteiger partial charge is 0.410 e. The first-order valence-corrected chi connectivity index (χ1v) is 8.83. The Morgan fingerprint density at radius 2 is 2.04 bits per heavy atom. The van der Waals surface area contributed by atoms with Crippen molar-refractivity contribution in [2.24, 2.45) is 5.92 Å². The number of hydrogen-bond donors (Lipinski definition) is 0. The zero-order valence-electron chi connectivity index (χ0n) is 15.5. The number of carbonyl (C=O) groups excluding carboxylic acids is 1. The fourth-order valence-electron chi connectivity index (χ4n) is 3.04. The molecule has 6 nitrogen and oxygen atoms in total. The van der Waals surface area contributed by atoms with Crippen molar-refractivity contribution in [2.75, 3.05) is 13.1 Å². The van der Waals surface area contributed by atoms with Gasteiger partial charge in [0.05, 0.1) is 23.8 Å². The van der Waals surface area contributed by atoms with Crippen molar-refractivity contribution in [3.63, 3.8) is 0 Å². The fourth-order valence-corrected chi connectivity index (χ4v) is 3.04. The molecule has 2 atom stereocenters. The van der Waals surface area contributed by atoms with Crippen LogP contribution < -0.4 is 4.74 Å². The molecule has 0 saturated carbocycles. The van der Waals surface area contributed by atoms with Gasteiger partial charge < -0.3 is 14.4 Å². The minimum absolute atomic E-state index is 0.147. The molecule has 2 unspecified atom stereocenters. The van der Waals surface area contributed by atoms with Crippen molar-refractivity contribution in [3.05, 3.63) is 43.1 Å². The number of likely N-dealkylation sites (tertiary alicyclic amines) is 1. The number of hydrogen-bond acceptors (Lipinski definition) is 5. The molecule has 1 aromatic heterocycles. The lowest BCUT2D eigenvalue weighted by Crippen LogP contribution is -2.36. The zero-order chi connectivity index (χ0) is 18.7. The molecule has 3 rings (SSSR count). The highest BCUT2D eigenvalue weighted by molar-refractivity contribution is 5.74. The molecule has 2 heterocycles. The summed E-state index contributed by atoms with van der Waals surface area (Å²) in [5.41, 5.74) is 1.09. The number of fused-ring (bicyclic) bond motifs is 1. The summed E-state index contributed by atoms with van der Waals surface area (Å²) in [6.07, 6.45) is 3.75. The van der Waals surface area contributed by atoms with E-state index in [1.54, 1.807) is 11.1 Å². The van der Waals surface area contributed by atoms with Gasteiger partial charge in [0.2, 0.25) is 5.88 Å². The Labute approximate surface area is 153 Å². The number of ether oxygens (including phenoxy) is 2.